The molecule has 0 aliphatic rings. The lowest BCUT2D eigenvalue weighted by atomic mass is 10.5. The third-order valence-electron chi connectivity index (χ3n) is 2.16. The molecule has 0 saturated carbocycles. The van der Waals surface area contributed by atoms with E-state index in [9.17, 15) is 4.79 Å². The van der Waals surface area contributed by atoms with E-state index in [4.69, 9.17) is 17.3 Å². The molecule has 0 saturated heterocycles. The molecule has 0 atom stereocenters. The van der Waals surface area contributed by atoms with Crippen molar-refractivity contribution in [1.82, 2.24) is 24.7 Å². The highest BCUT2D eigenvalue weighted by Gasteiger charge is 2.13. The van der Waals surface area contributed by atoms with Crippen LogP contribution >= 0.6 is 23.4 Å². The van der Waals surface area contributed by atoms with Crippen LogP contribution in [-0.2, 0) is 6.54 Å². The van der Waals surface area contributed by atoms with E-state index >= 15 is 0 Å². The summed E-state index contributed by atoms with van der Waals surface area (Å²) in [5, 5.41) is 7.49. The Kier molecular flexibility index (Phi) is 3.87. The van der Waals surface area contributed by atoms with Gasteiger partial charge in [-0.2, -0.15) is 0 Å². The Balaban J connectivity index is 2.34. The Morgan fingerprint density at radius 1 is 1.56 bits per heavy atom. The number of nitrogens with zero attached hydrogens (tertiary/aromatic N) is 4. The van der Waals surface area contributed by atoms with Crippen molar-refractivity contribution in [3.05, 3.63) is 22.0 Å². The molecule has 18 heavy (non-hydrogen) atoms. The topological polar surface area (TPSA) is 102 Å². The summed E-state index contributed by atoms with van der Waals surface area (Å²) in [6.45, 7) is 2.56. The monoisotopic (exact) mass is 286 g/mol. The highest BCUT2D eigenvalue weighted by molar-refractivity contribution is 7.99. The minimum Gasteiger partial charge on any atom is -0.394 e. The van der Waals surface area contributed by atoms with Crippen LogP contribution in [0.5, 0.6) is 0 Å². The molecule has 3 N–H and O–H groups in total. The molecular formula is C9H11ClN6OS. The minimum atomic E-state index is -0.252. The molecule has 0 radical (unpaired) electrons. The summed E-state index contributed by atoms with van der Waals surface area (Å²) in [4.78, 5) is 19.3. The Bertz CT molecular complexity index is 609. The van der Waals surface area contributed by atoms with Crippen LogP contribution in [0.4, 0.5) is 5.69 Å². The lowest BCUT2D eigenvalue weighted by Crippen LogP contribution is -2.17. The van der Waals surface area contributed by atoms with Crippen molar-refractivity contribution in [2.45, 2.75) is 30.1 Å². The SMILES string of the molecule is CCCn1c(Sc2ncnc(Cl)c2N)n[nH]c1=O. The average Bonchev–Trinajstić information content (AvgIpc) is 2.68. The van der Waals surface area contributed by atoms with Gasteiger partial charge in [0.25, 0.3) is 0 Å². The van der Waals surface area contributed by atoms with Crippen LogP contribution in [0.15, 0.2) is 21.3 Å². The van der Waals surface area contributed by atoms with Crippen molar-refractivity contribution in [1.29, 1.82) is 0 Å². The zero-order valence-electron chi connectivity index (χ0n) is 9.55. The predicted octanol–water partition coefficient (Wildman–Crippen LogP) is 1.16. The fourth-order valence-electron chi connectivity index (χ4n) is 1.33. The maximum Gasteiger partial charge on any atom is 0.343 e. The van der Waals surface area contributed by atoms with Crippen LogP contribution in [-0.4, -0.2) is 24.7 Å². The van der Waals surface area contributed by atoms with Crippen LogP contribution < -0.4 is 11.4 Å². The lowest BCUT2D eigenvalue weighted by Gasteiger charge is -2.05. The Morgan fingerprint density at radius 3 is 3.06 bits per heavy atom. The van der Waals surface area contributed by atoms with E-state index < -0.39 is 0 Å². The zero-order chi connectivity index (χ0) is 13.1. The minimum absolute atomic E-state index is 0.187. The second kappa shape index (κ2) is 5.40. The second-order valence-electron chi connectivity index (χ2n) is 3.45. The van der Waals surface area contributed by atoms with Gasteiger partial charge in [-0.1, -0.05) is 18.5 Å². The molecular weight excluding hydrogens is 276 g/mol. The van der Waals surface area contributed by atoms with Gasteiger partial charge in [0.1, 0.15) is 17.0 Å². The van der Waals surface area contributed by atoms with E-state index in [1.807, 2.05) is 6.92 Å². The van der Waals surface area contributed by atoms with Gasteiger partial charge in [0.05, 0.1) is 0 Å². The van der Waals surface area contributed by atoms with Crippen molar-refractivity contribution >= 4 is 29.1 Å². The smallest absolute Gasteiger partial charge is 0.343 e. The van der Waals surface area contributed by atoms with Gasteiger partial charge in [-0.05, 0) is 18.2 Å². The molecule has 96 valence electrons. The largest absolute Gasteiger partial charge is 0.394 e. The molecule has 0 amide bonds. The van der Waals surface area contributed by atoms with Gasteiger partial charge in [0.2, 0.25) is 0 Å². The summed E-state index contributed by atoms with van der Waals surface area (Å²) in [5.74, 6) is 0. The number of hydrogen-bond acceptors (Lipinski definition) is 6. The summed E-state index contributed by atoms with van der Waals surface area (Å²) in [5.41, 5.74) is 5.79. The molecule has 0 aromatic carbocycles. The number of hydrogen-bond donors (Lipinski definition) is 2. The third kappa shape index (κ3) is 2.49. The normalized spacial score (nSPS) is 10.8. The molecule has 2 aromatic rings. The first-order valence-electron chi connectivity index (χ1n) is 5.22. The number of halogens is 1. The first-order valence-corrected chi connectivity index (χ1v) is 6.42. The Morgan fingerprint density at radius 2 is 2.33 bits per heavy atom. The number of aromatic amines is 1. The molecule has 7 nitrogen and oxygen atoms in total. The number of H-pyrrole nitrogens is 1. The first kappa shape index (κ1) is 12.9. The molecule has 9 heteroatoms. The number of nitrogen functional groups attached to an aromatic ring is 1. The summed E-state index contributed by atoms with van der Waals surface area (Å²) in [6, 6.07) is 0. The molecule has 0 unspecified atom stereocenters. The van der Waals surface area contributed by atoms with Gasteiger partial charge in [0, 0.05) is 6.54 Å². The molecule has 0 bridgehead atoms. The average molecular weight is 287 g/mol. The van der Waals surface area contributed by atoms with Gasteiger partial charge >= 0.3 is 5.69 Å². The summed E-state index contributed by atoms with van der Waals surface area (Å²) in [6.07, 6.45) is 2.14. The molecule has 2 aromatic heterocycles. The maximum atomic E-state index is 11.5. The van der Waals surface area contributed by atoms with Crippen molar-refractivity contribution in [2.75, 3.05) is 5.73 Å². The molecule has 2 heterocycles. The fraction of sp³-hybridized carbons (Fsp3) is 0.333. The van der Waals surface area contributed by atoms with Crippen LogP contribution in [0, 0.1) is 0 Å². The van der Waals surface area contributed by atoms with Gasteiger partial charge in [-0.15, -0.1) is 5.10 Å². The van der Waals surface area contributed by atoms with Gasteiger partial charge < -0.3 is 5.73 Å². The standard InChI is InChI=1S/C9H11ClN6OS/c1-2-3-16-8(17)14-15-9(16)18-7-5(11)6(10)12-4-13-7/h4H,2-3,11H2,1H3,(H,14,17). The maximum absolute atomic E-state index is 11.5. The third-order valence-corrected chi connectivity index (χ3v) is 3.47. The highest BCUT2D eigenvalue weighted by Crippen LogP contribution is 2.30. The van der Waals surface area contributed by atoms with Crippen molar-refractivity contribution in [3.8, 4) is 0 Å². The van der Waals surface area contributed by atoms with Gasteiger partial charge in [-0.25, -0.2) is 19.9 Å². The van der Waals surface area contributed by atoms with E-state index in [2.05, 4.69) is 20.2 Å². The fourth-order valence-corrected chi connectivity index (χ4v) is 2.37. The Labute approximate surface area is 112 Å². The van der Waals surface area contributed by atoms with Crippen LogP contribution in [0.3, 0.4) is 0 Å². The van der Waals surface area contributed by atoms with Crippen molar-refractivity contribution in [3.63, 3.8) is 0 Å². The van der Waals surface area contributed by atoms with E-state index in [1.165, 1.54) is 22.7 Å². The number of aromatic nitrogens is 5. The van der Waals surface area contributed by atoms with Gasteiger partial charge in [-0.3, -0.25) is 4.57 Å². The van der Waals surface area contributed by atoms with E-state index in [1.54, 1.807) is 0 Å². The number of nitrogens with two attached hydrogens (primary N) is 1. The first-order chi connectivity index (χ1) is 8.63. The quantitative estimate of drug-likeness (QED) is 0.818. The molecule has 0 spiro atoms. The van der Waals surface area contributed by atoms with Crippen molar-refractivity contribution < 1.29 is 0 Å². The van der Waals surface area contributed by atoms with Gasteiger partial charge in [0.15, 0.2) is 10.3 Å². The lowest BCUT2D eigenvalue weighted by molar-refractivity contribution is 0.603. The highest BCUT2D eigenvalue weighted by atomic mass is 35.5. The molecule has 0 aliphatic carbocycles. The number of nitrogens with one attached hydrogen (secondary N) is 1. The van der Waals surface area contributed by atoms with Crippen molar-refractivity contribution in [2.24, 2.45) is 0 Å². The summed E-state index contributed by atoms with van der Waals surface area (Å²) < 4.78 is 1.53. The number of rotatable bonds is 4. The summed E-state index contributed by atoms with van der Waals surface area (Å²) in [7, 11) is 0. The van der Waals surface area contributed by atoms with Crippen LogP contribution in [0.2, 0.25) is 5.15 Å². The molecule has 0 fully saturated rings. The summed E-state index contributed by atoms with van der Waals surface area (Å²) >= 11 is 6.98. The Hall–Kier alpha value is -1.54. The van der Waals surface area contributed by atoms with Crippen LogP contribution in [0.25, 0.3) is 0 Å². The second-order valence-corrected chi connectivity index (χ2v) is 4.76. The zero-order valence-corrected chi connectivity index (χ0v) is 11.1. The molecule has 0 aliphatic heterocycles. The molecule has 2 rings (SSSR count). The predicted molar refractivity (Wildman–Crippen MR) is 68.7 cm³/mol. The van der Waals surface area contributed by atoms with E-state index in [0.717, 1.165) is 6.42 Å². The van der Waals surface area contributed by atoms with E-state index in [-0.39, 0.29) is 16.5 Å². The van der Waals surface area contributed by atoms with Crippen LogP contribution in [0.1, 0.15) is 13.3 Å². The number of anilines is 1. The van der Waals surface area contributed by atoms with E-state index in [0.29, 0.717) is 16.7 Å².